The number of phenols is 1. The second kappa shape index (κ2) is 5.11. The lowest BCUT2D eigenvalue weighted by Gasteiger charge is -2.18. The molecule has 1 aliphatic rings. The molecule has 2 aromatic carbocycles. The maximum atomic E-state index is 10.0. The Balaban J connectivity index is 1.82. The van der Waals surface area contributed by atoms with Crippen molar-refractivity contribution in [2.75, 3.05) is 13.2 Å². The largest absolute Gasteiger partial charge is 0.507 e. The first-order valence-electron chi connectivity index (χ1n) is 7.05. The van der Waals surface area contributed by atoms with Crippen LogP contribution >= 0.6 is 0 Å². The Kier molecular flexibility index (Phi) is 2.96. The summed E-state index contributed by atoms with van der Waals surface area (Å²) in [7, 11) is 0. The van der Waals surface area contributed by atoms with Crippen LogP contribution in [-0.4, -0.2) is 28.5 Å². The number of nitrogens with one attached hydrogen (secondary N) is 1. The normalized spacial score (nSPS) is 13.1. The zero-order valence-electron chi connectivity index (χ0n) is 11.7. The van der Waals surface area contributed by atoms with Gasteiger partial charge in [-0.25, -0.2) is 0 Å². The SMILES string of the molecule is Oc1ccccc1-c1n[nH]cc1-c1ccc2c(c1)OCCO2. The van der Waals surface area contributed by atoms with E-state index < -0.39 is 0 Å². The third-order valence-electron chi connectivity index (χ3n) is 3.65. The predicted octanol–water partition coefficient (Wildman–Crippen LogP) is 3.22. The Labute approximate surface area is 127 Å². The van der Waals surface area contributed by atoms with Crippen LogP contribution in [-0.2, 0) is 0 Å². The van der Waals surface area contributed by atoms with E-state index in [1.807, 2.05) is 36.5 Å². The van der Waals surface area contributed by atoms with Crippen LogP contribution in [0.5, 0.6) is 17.2 Å². The molecule has 0 atom stereocenters. The van der Waals surface area contributed by atoms with Gasteiger partial charge in [-0.3, -0.25) is 5.10 Å². The number of ether oxygens (including phenoxy) is 2. The van der Waals surface area contributed by atoms with Gasteiger partial charge in [-0.05, 0) is 29.8 Å². The Morgan fingerprint density at radius 1 is 0.955 bits per heavy atom. The molecule has 2 N–H and O–H groups in total. The molecule has 0 fully saturated rings. The molecule has 4 rings (SSSR count). The highest BCUT2D eigenvalue weighted by Crippen LogP contribution is 2.39. The van der Waals surface area contributed by atoms with Crippen LogP contribution in [0.15, 0.2) is 48.7 Å². The van der Waals surface area contributed by atoms with Crippen molar-refractivity contribution >= 4 is 0 Å². The van der Waals surface area contributed by atoms with E-state index >= 15 is 0 Å². The molecular formula is C17H14N2O3. The molecule has 5 heteroatoms. The lowest BCUT2D eigenvalue weighted by atomic mass is 10.0. The van der Waals surface area contributed by atoms with Crippen molar-refractivity contribution in [1.82, 2.24) is 10.2 Å². The number of H-pyrrole nitrogens is 1. The van der Waals surface area contributed by atoms with Gasteiger partial charge in [-0.2, -0.15) is 5.10 Å². The number of nitrogens with zero attached hydrogens (tertiary/aromatic N) is 1. The van der Waals surface area contributed by atoms with Gasteiger partial charge in [0.15, 0.2) is 11.5 Å². The van der Waals surface area contributed by atoms with Crippen molar-refractivity contribution < 1.29 is 14.6 Å². The van der Waals surface area contributed by atoms with E-state index in [9.17, 15) is 5.11 Å². The fourth-order valence-corrected chi connectivity index (χ4v) is 2.60. The van der Waals surface area contributed by atoms with Crippen LogP contribution in [0.25, 0.3) is 22.4 Å². The van der Waals surface area contributed by atoms with Crippen molar-refractivity contribution in [2.24, 2.45) is 0 Å². The highest BCUT2D eigenvalue weighted by Gasteiger charge is 2.17. The number of para-hydroxylation sites is 1. The molecule has 0 bridgehead atoms. The first-order chi connectivity index (χ1) is 10.8. The predicted molar refractivity (Wildman–Crippen MR) is 82.1 cm³/mol. The van der Waals surface area contributed by atoms with Crippen LogP contribution in [0, 0.1) is 0 Å². The van der Waals surface area contributed by atoms with Crippen molar-refractivity contribution in [1.29, 1.82) is 0 Å². The minimum atomic E-state index is 0.202. The number of aromatic hydroxyl groups is 1. The van der Waals surface area contributed by atoms with Crippen LogP contribution < -0.4 is 9.47 Å². The average Bonchev–Trinajstić information content (AvgIpc) is 3.04. The van der Waals surface area contributed by atoms with E-state index in [4.69, 9.17) is 9.47 Å². The summed E-state index contributed by atoms with van der Waals surface area (Å²) in [6, 6.07) is 12.9. The Morgan fingerprint density at radius 3 is 2.64 bits per heavy atom. The quantitative estimate of drug-likeness (QED) is 0.761. The first-order valence-corrected chi connectivity index (χ1v) is 7.05. The molecule has 0 saturated heterocycles. The van der Waals surface area contributed by atoms with Gasteiger partial charge in [-0.1, -0.05) is 18.2 Å². The molecule has 0 unspecified atom stereocenters. The maximum Gasteiger partial charge on any atom is 0.161 e. The molecule has 110 valence electrons. The molecule has 0 saturated carbocycles. The summed E-state index contributed by atoms with van der Waals surface area (Å²) in [5.41, 5.74) is 3.25. The lowest BCUT2D eigenvalue weighted by Crippen LogP contribution is -2.15. The molecule has 0 radical (unpaired) electrons. The minimum absolute atomic E-state index is 0.202. The van der Waals surface area contributed by atoms with Crippen molar-refractivity contribution in [3.63, 3.8) is 0 Å². The van der Waals surface area contributed by atoms with Crippen molar-refractivity contribution in [2.45, 2.75) is 0 Å². The summed E-state index contributed by atoms with van der Waals surface area (Å²) in [5, 5.41) is 17.2. The van der Waals surface area contributed by atoms with Gasteiger partial charge in [0.25, 0.3) is 0 Å². The van der Waals surface area contributed by atoms with Gasteiger partial charge in [0.05, 0.1) is 0 Å². The topological polar surface area (TPSA) is 67.4 Å². The molecule has 1 aliphatic heterocycles. The molecule has 1 aromatic heterocycles. The Bertz CT molecular complexity index is 826. The number of phenolic OH excluding ortho intramolecular Hbond substituents is 1. The molecule has 0 amide bonds. The smallest absolute Gasteiger partial charge is 0.161 e. The van der Waals surface area contributed by atoms with Crippen molar-refractivity contribution in [3.8, 4) is 39.6 Å². The van der Waals surface area contributed by atoms with Gasteiger partial charge in [-0.15, -0.1) is 0 Å². The van der Waals surface area contributed by atoms with E-state index in [1.54, 1.807) is 12.1 Å². The number of rotatable bonds is 2. The number of benzene rings is 2. The number of aromatic amines is 1. The molecule has 3 aromatic rings. The molecule has 2 heterocycles. The van der Waals surface area contributed by atoms with Gasteiger partial charge in [0.2, 0.25) is 0 Å². The molecule has 0 aliphatic carbocycles. The lowest BCUT2D eigenvalue weighted by molar-refractivity contribution is 0.171. The van der Waals surface area contributed by atoms with Gasteiger partial charge < -0.3 is 14.6 Å². The number of hydrogen-bond acceptors (Lipinski definition) is 4. The third kappa shape index (κ3) is 2.07. The van der Waals surface area contributed by atoms with Gasteiger partial charge in [0, 0.05) is 17.3 Å². The molecule has 5 nitrogen and oxygen atoms in total. The second-order valence-electron chi connectivity index (χ2n) is 5.02. The van der Waals surface area contributed by atoms with E-state index in [2.05, 4.69) is 10.2 Å². The minimum Gasteiger partial charge on any atom is -0.507 e. The zero-order valence-corrected chi connectivity index (χ0v) is 11.7. The van der Waals surface area contributed by atoms with Gasteiger partial charge >= 0.3 is 0 Å². The van der Waals surface area contributed by atoms with Crippen LogP contribution in [0.2, 0.25) is 0 Å². The second-order valence-corrected chi connectivity index (χ2v) is 5.02. The highest BCUT2D eigenvalue weighted by atomic mass is 16.6. The fraction of sp³-hybridized carbons (Fsp3) is 0.118. The Morgan fingerprint density at radius 2 is 1.77 bits per heavy atom. The number of fused-ring (bicyclic) bond motifs is 1. The summed E-state index contributed by atoms with van der Waals surface area (Å²) in [6.07, 6.45) is 1.81. The summed E-state index contributed by atoms with van der Waals surface area (Å²) in [4.78, 5) is 0. The fourth-order valence-electron chi connectivity index (χ4n) is 2.60. The molecule has 22 heavy (non-hydrogen) atoms. The average molecular weight is 294 g/mol. The van der Waals surface area contributed by atoms with Crippen LogP contribution in [0.1, 0.15) is 0 Å². The highest BCUT2D eigenvalue weighted by molar-refractivity contribution is 5.83. The van der Waals surface area contributed by atoms with Gasteiger partial charge in [0.1, 0.15) is 24.7 Å². The van der Waals surface area contributed by atoms with E-state index in [0.717, 1.165) is 22.6 Å². The third-order valence-corrected chi connectivity index (χ3v) is 3.65. The molecule has 0 spiro atoms. The van der Waals surface area contributed by atoms with E-state index in [-0.39, 0.29) is 5.75 Å². The van der Waals surface area contributed by atoms with E-state index in [0.29, 0.717) is 24.5 Å². The maximum absolute atomic E-state index is 10.0. The first kappa shape index (κ1) is 12.8. The summed E-state index contributed by atoms with van der Waals surface area (Å²) in [6.45, 7) is 1.12. The summed E-state index contributed by atoms with van der Waals surface area (Å²) < 4.78 is 11.2. The van der Waals surface area contributed by atoms with Crippen LogP contribution in [0.4, 0.5) is 0 Å². The summed E-state index contributed by atoms with van der Waals surface area (Å²) in [5.74, 6) is 1.68. The van der Waals surface area contributed by atoms with Crippen LogP contribution in [0.3, 0.4) is 0 Å². The number of aromatic nitrogens is 2. The van der Waals surface area contributed by atoms with E-state index in [1.165, 1.54) is 0 Å². The Hall–Kier alpha value is -2.95. The van der Waals surface area contributed by atoms with Crippen molar-refractivity contribution in [3.05, 3.63) is 48.7 Å². The zero-order chi connectivity index (χ0) is 14.9. The summed E-state index contributed by atoms with van der Waals surface area (Å²) >= 11 is 0. The molecular weight excluding hydrogens is 280 g/mol. The number of hydrogen-bond donors (Lipinski definition) is 2. The standard InChI is InChI=1S/C17H14N2O3/c20-14-4-2-1-3-12(14)17-13(10-18-19-17)11-5-6-15-16(9-11)22-8-7-21-15/h1-6,9-10,20H,7-8H2,(H,18,19). The monoisotopic (exact) mass is 294 g/mol.